The van der Waals surface area contributed by atoms with Gasteiger partial charge in [0.05, 0.1) is 0 Å². The van der Waals surface area contributed by atoms with Crippen molar-refractivity contribution in [3.63, 3.8) is 0 Å². The Morgan fingerprint density at radius 2 is 1.40 bits per heavy atom. The molecule has 0 aliphatic carbocycles. The first-order valence-electron chi connectivity index (χ1n) is 11.2. The van der Waals surface area contributed by atoms with Crippen molar-refractivity contribution < 1.29 is 0 Å². The van der Waals surface area contributed by atoms with Crippen LogP contribution in [0.25, 0.3) is 0 Å². The first kappa shape index (κ1) is 22.1. The van der Waals surface area contributed by atoms with Crippen molar-refractivity contribution in [2.45, 2.75) is 44.6 Å². The standard InChI is InChI=1S/C28H36N2/c1-23(21-25-17-19-28(20-18-25)30(2)3)29-22-27(26-14-8-5-9-15-26)16-10-13-24-11-6-4-7-12-24/h4-9,11-12,14-15,17-20,23,27,29H,10,13,16,21-22H2,1-3H3. The summed E-state index contributed by atoms with van der Waals surface area (Å²) in [6, 6.07) is 31.2. The van der Waals surface area contributed by atoms with E-state index < -0.39 is 0 Å². The van der Waals surface area contributed by atoms with E-state index in [0.717, 1.165) is 19.4 Å². The Bertz CT molecular complexity index is 841. The van der Waals surface area contributed by atoms with Crippen LogP contribution in [0.5, 0.6) is 0 Å². The molecule has 0 aliphatic rings. The number of anilines is 1. The number of nitrogens with one attached hydrogen (secondary N) is 1. The average Bonchev–Trinajstić information content (AvgIpc) is 2.78. The fourth-order valence-electron chi connectivity index (χ4n) is 4.01. The molecule has 0 fully saturated rings. The molecule has 0 amide bonds. The summed E-state index contributed by atoms with van der Waals surface area (Å²) in [6.45, 7) is 3.32. The minimum atomic E-state index is 0.454. The van der Waals surface area contributed by atoms with Gasteiger partial charge in [0.25, 0.3) is 0 Å². The maximum absolute atomic E-state index is 3.81. The van der Waals surface area contributed by atoms with Crippen molar-refractivity contribution in [3.8, 4) is 0 Å². The SMILES string of the molecule is CC(Cc1ccc(N(C)C)cc1)NCC(CCCc1ccccc1)c1ccccc1. The third-order valence-electron chi connectivity index (χ3n) is 5.84. The van der Waals surface area contributed by atoms with Crippen molar-refractivity contribution in [1.82, 2.24) is 5.32 Å². The third kappa shape index (κ3) is 7.03. The Kier molecular flexibility index (Phi) is 8.53. The van der Waals surface area contributed by atoms with Crippen molar-refractivity contribution in [2.24, 2.45) is 0 Å². The summed E-state index contributed by atoms with van der Waals surface area (Å²) in [5.41, 5.74) is 5.52. The van der Waals surface area contributed by atoms with E-state index in [4.69, 9.17) is 0 Å². The molecule has 2 nitrogen and oxygen atoms in total. The van der Waals surface area contributed by atoms with Crippen LogP contribution in [0.2, 0.25) is 0 Å². The zero-order chi connectivity index (χ0) is 21.2. The van der Waals surface area contributed by atoms with Crippen LogP contribution < -0.4 is 10.2 Å². The number of hydrogen-bond acceptors (Lipinski definition) is 2. The zero-order valence-electron chi connectivity index (χ0n) is 18.7. The van der Waals surface area contributed by atoms with Crippen LogP contribution in [0.1, 0.15) is 42.4 Å². The van der Waals surface area contributed by atoms with Gasteiger partial charge in [0.1, 0.15) is 0 Å². The lowest BCUT2D eigenvalue weighted by atomic mass is 9.92. The molecular weight excluding hydrogens is 364 g/mol. The summed E-state index contributed by atoms with van der Waals surface area (Å²) >= 11 is 0. The molecule has 3 rings (SSSR count). The monoisotopic (exact) mass is 400 g/mol. The molecule has 2 heteroatoms. The second-order valence-electron chi connectivity index (χ2n) is 8.56. The van der Waals surface area contributed by atoms with E-state index in [1.165, 1.54) is 35.2 Å². The van der Waals surface area contributed by atoms with Gasteiger partial charge in [0, 0.05) is 32.4 Å². The molecule has 0 saturated carbocycles. The van der Waals surface area contributed by atoms with Crippen LogP contribution in [0.4, 0.5) is 5.69 Å². The van der Waals surface area contributed by atoms with E-state index in [9.17, 15) is 0 Å². The number of nitrogens with zero attached hydrogens (tertiary/aromatic N) is 1. The number of aryl methyl sites for hydroxylation is 1. The fraction of sp³-hybridized carbons (Fsp3) is 0.357. The molecular formula is C28H36N2. The molecule has 0 spiro atoms. The summed E-state index contributed by atoms with van der Waals surface area (Å²) in [5, 5.41) is 3.81. The van der Waals surface area contributed by atoms with Gasteiger partial charge >= 0.3 is 0 Å². The molecule has 3 aromatic rings. The zero-order valence-corrected chi connectivity index (χ0v) is 18.7. The quantitative estimate of drug-likeness (QED) is 0.419. The van der Waals surface area contributed by atoms with Crippen molar-refractivity contribution in [1.29, 1.82) is 0 Å². The Balaban J connectivity index is 1.53. The molecule has 0 aromatic heterocycles. The van der Waals surface area contributed by atoms with Crippen LogP contribution in [0.15, 0.2) is 84.9 Å². The van der Waals surface area contributed by atoms with Crippen LogP contribution >= 0.6 is 0 Å². The lowest BCUT2D eigenvalue weighted by molar-refractivity contribution is 0.478. The molecule has 1 N–H and O–H groups in total. The highest BCUT2D eigenvalue weighted by atomic mass is 15.1. The molecule has 0 bridgehead atoms. The van der Waals surface area contributed by atoms with E-state index in [0.29, 0.717) is 12.0 Å². The van der Waals surface area contributed by atoms with Crippen molar-refractivity contribution in [2.75, 3.05) is 25.5 Å². The van der Waals surface area contributed by atoms with Gasteiger partial charge < -0.3 is 10.2 Å². The lowest BCUT2D eigenvalue weighted by Crippen LogP contribution is -2.32. The fourth-order valence-corrected chi connectivity index (χ4v) is 4.01. The molecule has 30 heavy (non-hydrogen) atoms. The highest BCUT2D eigenvalue weighted by molar-refractivity contribution is 5.46. The van der Waals surface area contributed by atoms with Gasteiger partial charge in [-0.25, -0.2) is 0 Å². The van der Waals surface area contributed by atoms with Crippen LogP contribution in [-0.2, 0) is 12.8 Å². The number of hydrogen-bond donors (Lipinski definition) is 1. The highest BCUT2D eigenvalue weighted by Gasteiger charge is 2.13. The largest absolute Gasteiger partial charge is 0.378 e. The summed E-state index contributed by atoms with van der Waals surface area (Å²) < 4.78 is 0. The summed E-state index contributed by atoms with van der Waals surface area (Å²) in [7, 11) is 4.17. The Labute approximate surface area is 183 Å². The average molecular weight is 401 g/mol. The summed E-state index contributed by atoms with van der Waals surface area (Å²) in [5.74, 6) is 0.550. The Morgan fingerprint density at radius 1 is 0.767 bits per heavy atom. The first-order chi connectivity index (χ1) is 14.6. The van der Waals surface area contributed by atoms with Gasteiger partial charge in [0.2, 0.25) is 0 Å². The van der Waals surface area contributed by atoms with Crippen LogP contribution in [0, 0.1) is 0 Å². The predicted molar refractivity (Wildman–Crippen MR) is 131 cm³/mol. The maximum Gasteiger partial charge on any atom is 0.0361 e. The highest BCUT2D eigenvalue weighted by Crippen LogP contribution is 2.22. The predicted octanol–water partition coefficient (Wildman–Crippen LogP) is 6.08. The van der Waals surface area contributed by atoms with E-state index in [1.54, 1.807) is 0 Å². The lowest BCUT2D eigenvalue weighted by Gasteiger charge is -2.22. The maximum atomic E-state index is 3.81. The van der Waals surface area contributed by atoms with Gasteiger partial charge in [0.15, 0.2) is 0 Å². The van der Waals surface area contributed by atoms with Gasteiger partial charge in [-0.15, -0.1) is 0 Å². The second kappa shape index (κ2) is 11.6. The van der Waals surface area contributed by atoms with E-state index >= 15 is 0 Å². The van der Waals surface area contributed by atoms with Gasteiger partial charge in [-0.1, -0.05) is 72.8 Å². The second-order valence-corrected chi connectivity index (χ2v) is 8.56. The first-order valence-corrected chi connectivity index (χ1v) is 11.2. The van der Waals surface area contributed by atoms with E-state index in [2.05, 4.69) is 116 Å². The van der Waals surface area contributed by atoms with Gasteiger partial charge in [-0.05, 0) is 67.3 Å². The molecule has 3 aromatic carbocycles. The Morgan fingerprint density at radius 3 is 2.03 bits per heavy atom. The third-order valence-corrected chi connectivity index (χ3v) is 5.84. The smallest absolute Gasteiger partial charge is 0.0361 e. The minimum Gasteiger partial charge on any atom is -0.378 e. The van der Waals surface area contributed by atoms with Crippen molar-refractivity contribution in [3.05, 3.63) is 102 Å². The summed E-state index contributed by atoms with van der Waals surface area (Å²) in [6.07, 6.45) is 4.62. The topological polar surface area (TPSA) is 15.3 Å². The molecule has 158 valence electrons. The van der Waals surface area contributed by atoms with Crippen LogP contribution in [0.3, 0.4) is 0 Å². The molecule has 0 heterocycles. The Hall–Kier alpha value is -2.58. The summed E-state index contributed by atoms with van der Waals surface area (Å²) in [4.78, 5) is 2.14. The molecule has 0 aliphatic heterocycles. The molecule has 0 radical (unpaired) electrons. The minimum absolute atomic E-state index is 0.454. The van der Waals surface area contributed by atoms with Crippen LogP contribution in [-0.4, -0.2) is 26.7 Å². The number of rotatable bonds is 11. The van der Waals surface area contributed by atoms with Gasteiger partial charge in [-0.3, -0.25) is 0 Å². The molecule has 0 saturated heterocycles. The van der Waals surface area contributed by atoms with E-state index in [-0.39, 0.29) is 0 Å². The molecule has 2 atom stereocenters. The normalized spacial score (nSPS) is 13.0. The molecule has 2 unspecified atom stereocenters. The van der Waals surface area contributed by atoms with Gasteiger partial charge in [-0.2, -0.15) is 0 Å². The number of benzene rings is 3. The van der Waals surface area contributed by atoms with E-state index in [1.807, 2.05) is 0 Å². The van der Waals surface area contributed by atoms with Crippen molar-refractivity contribution >= 4 is 5.69 Å².